The normalized spacial score (nSPS) is 18.4. The van der Waals surface area contributed by atoms with Crippen molar-refractivity contribution in [1.29, 1.82) is 0 Å². The number of amides is 1. The molecule has 16 heavy (non-hydrogen) atoms. The molecule has 0 aromatic carbocycles. The number of halogens is 3. The molecule has 0 spiro atoms. The molecule has 0 aromatic heterocycles. The molecule has 92 valence electrons. The number of carbonyl (C=O) groups is 1. The van der Waals surface area contributed by atoms with Gasteiger partial charge in [-0.05, 0) is 24.7 Å². The molecule has 1 atom stereocenters. The SMILES string of the molecule is C=C(C1CC1)[C@@H](NC(=O)C(F)(F)F)C(C)C. The van der Waals surface area contributed by atoms with E-state index in [0.717, 1.165) is 12.8 Å². The first kappa shape index (κ1) is 13.1. The van der Waals surface area contributed by atoms with Crippen molar-refractivity contribution in [2.75, 3.05) is 0 Å². The van der Waals surface area contributed by atoms with Crippen LogP contribution in [0.5, 0.6) is 0 Å². The second-order valence-corrected chi connectivity index (χ2v) is 4.54. The molecule has 1 aliphatic carbocycles. The lowest BCUT2D eigenvalue weighted by atomic mass is 9.94. The van der Waals surface area contributed by atoms with Crippen LogP contribution in [0.4, 0.5) is 13.2 Å². The van der Waals surface area contributed by atoms with E-state index in [2.05, 4.69) is 6.58 Å². The second kappa shape index (κ2) is 4.47. The van der Waals surface area contributed by atoms with Crippen molar-refractivity contribution in [1.82, 2.24) is 5.32 Å². The largest absolute Gasteiger partial charge is 0.471 e. The highest BCUT2D eigenvalue weighted by Gasteiger charge is 2.41. The van der Waals surface area contributed by atoms with Gasteiger partial charge in [0.25, 0.3) is 0 Å². The molecule has 1 fully saturated rings. The molecule has 1 amide bonds. The first-order chi connectivity index (χ1) is 7.23. The van der Waals surface area contributed by atoms with Gasteiger partial charge in [0, 0.05) is 0 Å². The Kier molecular flexibility index (Phi) is 3.65. The molecule has 0 bridgehead atoms. The van der Waals surface area contributed by atoms with Crippen molar-refractivity contribution in [2.24, 2.45) is 11.8 Å². The molecule has 1 N–H and O–H groups in total. The molecule has 1 aliphatic rings. The van der Waals surface area contributed by atoms with Gasteiger partial charge in [-0.2, -0.15) is 13.2 Å². The quantitative estimate of drug-likeness (QED) is 0.746. The van der Waals surface area contributed by atoms with Crippen LogP contribution >= 0.6 is 0 Å². The van der Waals surface area contributed by atoms with Gasteiger partial charge in [0.1, 0.15) is 0 Å². The highest BCUT2D eigenvalue weighted by molar-refractivity contribution is 5.82. The van der Waals surface area contributed by atoms with E-state index in [1.54, 1.807) is 13.8 Å². The third-order valence-corrected chi connectivity index (χ3v) is 2.71. The number of nitrogens with one attached hydrogen (secondary N) is 1. The predicted molar refractivity (Wildman–Crippen MR) is 54.7 cm³/mol. The summed E-state index contributed by atoms with van der Waals surface area (Å²) in [4.78, 5) is 10.8. The topological polar surface area (TPSA) is 29.1 Å². The minimum Gasteiger partial charge on any atom is -0.342 e. The number of hydrogen-bond acceptors (Lipinski definition) is 1. The average molecular weight is 235 g/mol. The van der Waals surface area contributed by atoms with Crippen molar-refractivity contribution in [3.8, 4) is 0 Å². The summed E-state index contributed by atoms with van der Waals surface area (Å²) < 4.78 is 36.3. The Labute approximate surface area is 92.9 Å². The van der Waals surface area contributed by atoms with E-state index < -0.39 is 18.1 Å². The van der Waals surface area contributed by atoms with E-state index in [0.29, 0.717) is 5.57 Å². The number of rotatable bonds is 4. The second-order valence-electron chi connectivity index (χ2n) is 4.54. The summed E-state index contributed by atoms with van der Waals surface area (Å²) in [6.45, 7) is 7.34. The van der Waals surface area contributed by atoms with Crippen molar-refractivity contribution in [2.45, 2.75) is 38.9 Å². The van der Waals surface area contributed by atoms with Crippen molar-refractivity contribution < 1.29 is 18.0 Å². The van der Waals surface area contributed by atoms with Gasteiger partial charge < -0.3 is 5.32 Å². The molecule has 0 radical (unpaired) electrons. The van der Waals surface area contributed by atoms with Crippen LogP contribution in [0.15, 0.2) is 12.2 Å². The summed E-state index contributed by atoms with van der Waals surface area (Å²) in [7, 11) is 0. The third-order valence-electron chi connectivity index (χ3n) is 2.71. The van der Waals surface area contributed by atoms with E-state index in [1.807, 2.05) is 5.32 Å². The first-order valence-corrected chi connectivity index (χ1v) is 5.30. The summed E-state index contributed by atoms with van der Waals surface area (Å²) in [5, 5.41) is 2.01. The molecular formula is C11H16F3NO. The molecular weight excluding hydrogens is 219 g/mol. The van der Waals surface area contributed by atoms with E-state index >= 15 is 0 Å². The van der Waals surface area contributed by atoms with Crippen LogP contribution < -0.4 is 5.32 Å². The van der Waals surface area contributed by atoms with Gasteiger partial charge in [0.15, 0.2) is 0 Å². The highest BCUT2D eigenvalue weighted by atomic mass is 19.4. The predicted octanol–water partition coefficient (Wildman–Crippen LogP) is 2.66. The Balaban J connectivity index is 2.64. The highest BCUT2D eigenvalue weighted by Crippen LogP contribution is 2.38. The average Bonchev–Trinajstić information content (AvgIpc) is 2.93. The van der Waals surface area contributed by atoms with Crippen LogP contribution in [0, 0.1) is 11.8 Å². The molecule has 5 heteroatoms. The molecule has 2 nitrogen and oxygen atoms in total. The molecule has 0 aliphatic heterocycles. The van der Waals surface area contributed by atoms with Crippen molar-refractivity contribution >= 4 is 5.91 Å². The zero-order chi connectivity index (χ0) is 12.5. The Morgan fingerprint density at radius 2 is 1.88 bits per heavy atom. The standard InChI is InChI=1S/C11H16F3NO/c1-6(2)9(7(3)8-4-5-8)15-10(16)11(12,13)14/h6,8-9H,3-5H2,1-2H3,(H,15,16)/t9-/m0/s1. The Hall–Kier alpha value is -1.00. The lowest BCUT2D eigenvalue weighted by molar-refractivity contribution is -0.174. The van der Waals surface area contributed by atoms with Crippen molar-refractivity contribution in [3.05, 3.63) is 12.2 Å². The lowest BCUT2D eigenvalue weighted by Gasteiger charge is -2.25. The van der Waals surface area contributed by atoms with Gasteiger partial charge in [-0.3, -0.25) is 4.79 Å². The summed E-state index contributed by atoms with van der Waals surface area (Å²) in [5.74, 6) is -1.69. The van der Waals surface area contributed by atoms with Crippen LogP contribution in [-0.4, -0.2) is 18.1 Å². The zero-order valence-corrected chi connectivity index (χ0v) is 9.40. The van der Waals surface area contributed by atoms with Gasteiger partial charge in [-0.15, -0.1) is 0 Å². The monoisotopic (exact) mass is 235 g/mol. The van der Waals surface area contributed by atoms with Gasteiger partial charge >= 0.3 is 12.1 Å². The van der Waals surface area contributed by atoms with E-state index in [9.17, 15) is 18.0 Å². The fourth-order valence-electron chi connectivity index (χ4n) is 1.62. The molecule has 1 saturated carbocycles. The van der Waals surface area contributed by atoms with E-state index in [-0.39, 0.29) is 11.8 Å². The maximum Gasteiger partial charge on any atom is 0.471 e. The Morgan fingerprint density at radius 3 is 2.19 bits per heavy atom. The molecule has 0 aromatic rings. The molecule has 1 rings (SSSR count). The van der Waals surface area contributed by atoms with Crippen LogP contribution in [0.1, 0.15) is 26.7 Å². The van der Waals surface area contributed by atoms with Crippen molar-refractivity contribution in [3.63, 3.8) is 0 Å². The van der Waals surface area contributed by atoms with Gasteiger partial charge in [0.2, 0.25) is 0 Å². The fourth-order valence-corrected chi connectivity index (χ4v) is 1.62. The smallest absolute Gasteiger partial charge is 0.342 e. The minimum atomic E-state index is -4.82. The van der Waals surface area contributed by atoms with Crippen LogP contribution in [0.2, 0.25) is 0 Å². The first-order valence-electron chi connectivity index (χ1n) is 5.30. The van der Waals surface area contributed by atoms with Gasteiger partial charge in [-0.25, -0.2) is 0 Å². The maximum absolute atomic E-state index is 12.1. The van der Waals surface area contributed by atoms with Gasteiger partial charge in [0.05, 0.1) is 6.04 Å². The Morgan fingerprint density at radius 1 is 1.38 bits per heavy atom. The van der Waals surface area contributed by atoms with Gasteiger partial charge in [-0.1, -0.05) is 26.0 Å². The van der Waals surface area contributed by atoms with Crippen LogP contribution in [0.3, 0.4) is 0 Å². The number of carbonyl (C=O) groups excluding carboxylic acids is 1. The summed E-state index contributed by atoms with van der Waals surface area (Å²) >= 11 is 0. The lowest BCUT2D eigenvalue weighted by Crippen LogP contribution is -2.46. The summed E-state index contributed by atoms with van der Waals surface area (Å²) in [6, 6.07) is -0.582. The van der Waals surface area contributed by atoms with Crippen LogP contribution in [-0.2, 0) is 4.79 Å². The summed E-state index contributed by atoms with van der Waals surface area (Å²) in [6.07, 6.45) is -2.90. The zero-order valence-electron chi connectivity index (χ0n) is 9.40. The Bertz CT molecular complexity index is 292. The van der Waals surface area contributed by atoms with Crippen LogP contribution in [0.25, 0.3) is 0 Å². The fraction of sp³-hybridized carbons (Fsp3) is 0.727. The summed E-state index contributed by atoms with van der Waals surface area (Å²) in [5.41, 5.74) is 0.715. The molecule has 0 heterocycles. The van der Waals surface area contributed by atoms with E-state index in [1.165, 1.54) is 0 Å². The number of alkyl halides is 3. The minimum absolute atomic E-state index is 0.0839. The number of hydrogen-bond donors (Lipinski definition) is 1. The van der Waals surface area contributed by atoms with E-state index in [4.69, 9.17) is 0 Å². The maximum atomic E-state index is 12.1. The third kappa shape index (κ3) is 3.25. The molecule has 0 unspecified atom stereocenters. The molecule has 0 saturated heterocycles.